The van der Waals surface area contributed by atoms with Crippen LogP contribution in [0, 0.1) is 17.8 Å². The van der Waals surface area contributed by atoms with Gasteiger partial charge in [-0.15, -0.1) is 0 Å². The first-order chi connectivity index (χ1) is 16.1. The molecule has 2 N–H and O–H groups in total. The molecule has 3 aliphatic rings. The maximum atomic E-state index is 13.7. The summed E-state index contributed by atoms with van der Waals surface area (Å²) in [5, 5.41) is 13.7. The van der Waals surface area contributed by atoms with Gasteiger partial charge < -0.3 is 15.0 Å². The molecule has 1 aromatic carbocycles. The molecule has 1 amide bonds. The fourth-order valence-electron chi connectivity index (χ4n) is 6.56. The lowest BCUT2D eigenvalue weighted by Gasteiger charge is -2.35. The second-order valence-electron chi connectivity index (χ2n) is 10.1. The van der Waals surface area contributed by atoms with E-state index in [2.05, 4.69) is 10.2 Å². The van der Waals surface area contributed by atoms with Crippen molar-refractivity contribution in [3.8, 4) is 0 Å². The predicted octanol–water partition coefficient (Wildman–Crippen LogP) is 3.27. The number of pyridine rings is 1. The van der Waals surface area contributed by atoms with Gasteiger partial charge in [0.1, 0.15) is 0 Å². The van der Waals surface area contributed by atoms with Crippen LogP contribution in [0.4, 0.5) is 0 Å². The second kappa shape index (κ2) is 9.43. The first-order valence-electron chi connectivity index (χ1n) is 12.5. The number of nitrogens with one attached hydrogen (secondary N) is 1. The quantitative estimate of drug-likeness (QED) is 0.710. The molecule has 1 aliphatic carbocycles. The van der Waals surface area contributed by atoms with Gasteiger partial charge in [-0.25, -0.2) is 0 Å². The molecule has 0 bridgehead atoms. The number of carbonyl (C=O) groups is 1. The summed E-state index contributed by atoms with van der Waals surface area (Å²) >= 11 is 0. The van der Waals surface area contributed by atoms with Crippen molar-refractivity contribution in [2.75, 3.05) is 13.2 Å². The Labute approximate surface area is 195 Å². The molecule has 2 fully saturated rings. The third kappa shape index (κ3) is 4.15. The Morgan fingerprint density at radius 2 is 1.85 bits per heavy atom. The monoisotopic (exact) mass is 449 g/mol. The van der Waals surface area contributed by atoms with Gasteiger partial charge in [0.2, 0.25) is 5.91 Å². The third-order valence-electron chi connectivity index (χ3n) is 8.19. The van der Waals surface area contributed by atoms with Crippen molar-refractivity contribution >= 4 is 5.91 Å². The average molecular weight is 450 g/mol. The SMILES string of the molecule is C[C@H](NC(=O)[C@H]1[C@H](CO)[C@H]2Cn3c(cccc3=O)[C@H]2N1CC1CCCCC1)c1ccccc1. The number of amides is 1. The van der Waals surface area contributed by atoms with Gasteiger partial charge in [0.25, 0.3) is 5.56 Å². The van der Waals surface area contributed by atoms with Gasteiger partial charge in [0.05, 0.1) is 18.1 Å². The van der Waals surface area contributed by atoms with Crippen LogP contribution in [-0.4, -0.2) is 39.7 Å². The fraction of sp³-hybridized carbons (Fsp3) is 0.556. The zero-order chi connectivity index (χ0) is 22.9. The van der Waals surface area contributed by atoms with E-state index < -0.39 is 0 Å². The topological polar surface area (TPSA) is 74.6 Å². The fourth-order valence-corrected chi connectivity index (χ4v) is 6.56. The molecule has 3 heterocycles. The Bertz CT molecular complexity index is 1030. The third-order valence-corrected chi connectivity index (χ3v) is 8.19. The number of hydrogen-bond acceptors (Lipinski definition) is 4. The molecule has 0 unspecified atom stereocenters. The number of aliphatic hydroxyl groups is 1. The van der Waals surface area contributed by atoms with E-state index in [0.29, 0.717) is 12.5 Å². The second-order valence-corrected chi connectivity index (χ2v) is 10.1. The molecule has 33 heavy (non-hydrogen) atoms. The Hall–Kier alpha value is -2.44. The molecule has 5 atom stereocenters. The number of aliphatic hydroxyl groups excluding tert-OH is 1. The first kappa shape index (κ1) is 22.4. The standard InChI is InChI=1S/C27H35N3O3/c1-18(20-11-6-3-7-12-20)28-27(33)26-22(17-31)21-16-29-23(13-8-14-24(29)32)25(21)30(26)15-19-9-4-2-5-10-19/h3,6-8,11-14,18-19,21-22,25-26,31H,2,4-5,9-10,15-17H2,1H3,(H,28,33)/t18-,21+,22+,25-,26+/m0/s1. The molecule has 2 aliphatic heterocycles. The van der Waals surface area contributed by atoms with Crippen LogP contribution in [0.5, 0.6) is 0 Å². The Morgan fingerprint density at radius 3 is 2.58 bits per heavy atom. The van der Waals surface area contributed by atoms with Crippen molar-refractivity contribution in [3.05, 3.63) is 70.1 Å². The first-order valence-corrected chi connectivity index (χ1v) is 12.5. The van der Waals surface area contributed by atoms with Crippen LogP contribution in [0.1, 0.15) is 62.4 Å². The van der Waals surface area contributed by atoms with E-state index in [0.717, 1.165) is 17.8 Å². The van der Waals surface area contributed by atoms with Crippen molar-refractivity contribution < 1.29 is 9.90 Å². The number of benzene rings is 1. The van der Waals surface area contributed by atoms with Gasteiger partial charge in [-0.2, -0.15) is 0 Å². The van der Waals surface area contributed by atoms with Gasteiger partial charge in [-0.3, -0.25) is 14.5 Å². The minimum absolute atomic E-state index is 0.000702. The van der Waals surface area contributed by atoms with Crippen LogP contribution in [0.2, 0.25) is 0 Å². The maximum absolute atomic E-state index is 13.7. The van der Waals surface area contributed by atoms with Crippen molar-refractivity contribution in [3.63, 3.8) is 0 Å². The molecular formula is C27H35N3O3. The van der Waals surface area contributed by atoms with Crippen LogP contribution in [-0.2, 0) is 11.3 Å². The van der Waals surface area contributed by atoms with E-state index in [1.54, 1.807) is 6.07 Å². The molecule has 0 radical (unpaired) electrons. The molecule has 0 spiro atoms. The predicted molar refractivity (Wildman–Crippen MR) is 128 cm³/mol. The van der Waals surface area contributed by atoms with Crippen molar-refractivity contribution in [2.45, 2.75) is 63.7 Å². The van der Waals surface area contributed by atoms with Gasteiger partial charge in [0, 0.05) is 43.3 Å². The summed E-state index contributed by atoms with van der Waals surface area (Å²) in [6.07, 6.45) is 6.16. The van der Waals surface area contributed by atoms with E-state index in [4.69, 9.17) is 0 Å². The number of likely N-dealkylation sites (tertiary alicyclic amines) is 1. The molecule has 1 saturated carbocycles. The van der Waals surface area contributed by atoms with Crippen LogP contribution >= 0.6 is 0 Å². The number of fused-ring (bicyclic) bond motifs is 3. The zero-order valence-electron chi connectivity index (χ0n) is 19.4. The highest BCUT2D eigenvalue weighted by Gasteiger charge is 2.55. The van der Waals surface area contributed by atoms with Crippen LogP contribution in [0.15, 0.2) is 53.3 Å². The summed E-state index contributed by atoms with van der Waals surface area (Å²) < 4.78 is 1.85. The normalized spacial score (nSPS) is 28.3. The Morgan fingerprint density at radius 1 is 1.09 bits per heavy atom. The summed E-state index contributed by atoms with van der Waals surface area (Å²) in [7, 11) is 0. The van der Waals surface area contributed by atoms with Crippen LogP contribution < -0.4 is 10.9 Å². The lowest BCUT2D eigenvalue weighted by Crippen LogP contribution is -2.50. The lowest BCUT2D eigenvalue weighted by molar-refractivity contribution is -0.128. The minimum atomic E-state index is -0.387. The number of carbonyl (C=O) groups excluding carboxylic acids is 1. The van der Waals surface area contributed by atoms with Gasteiger partial charge in [-0.1, -0.05) is 55.7 Å². The van der Waals surface area contributed by atoms with Crippen LogP contribution in [0.25, 0.3) is 0 Å². The lowest BCUT2D eigenvalue weighted by atomic mass is 9.88. The Kier molecular flexibility index (Phi) is 6.39. The maximum Gasteiger partial charge on any atom is 0.250 e. The van der Waals surface area contributed by atoms with E-state index in [-0.39, 0.29) is 48.0 Å². The molecule has 1 aromatic heterocycles. The summed E-state index contributed by atoms with van der Waals surface area (Å²) in [6, 6.07) is 15.0. The van der Waals surface area contributed by atoms with Gasteiger partial charge >= 0.3 is 0 Å². The van der Waals surface area contributed by atoms with Crippen molar-refractivity contribution in [2.24, 2.45) is 17.8 Å². The molecule has 1 saturated heterocycles. The molecular weight excluding hydrogens is 414 g/mol. The summed E-state index contributed by atoms with van der Waals surface area (Å²) in [4.78, 5) is 28.6. The van der Waals surface area contributed by atoms with E-state index >= 15 is 0 Å². The zero-order valence-corrected chi connectivity index (χ0v) is 19.4. The highest BCUT2D eigenvalue weighted by atomic mass is 16.3. The van der Waals surface area contributed by atoms with E-state index in [1.165, 1.54) is 32.1 Å². The molecule has 176 valence electrons. The van der Waals surface area contributed by atoms with E-state index in [1.807, 2.05) is 54.0 Å². The number of rotatable bonds is 6. The smallest absolute Gasteiger partial charge is 0.250 e. The molecule has 2 aromatic rings. The summed E-state index contributed by atoms with van der Waals surface area (Å²) in [5.41, 5.74) is 2.07. The van der Waals surface area contributed by atoms with Gasteiger partial charge in [0.15, 0.2) is 0 Å². The van der Waals surface area contributed by atoms with Crippen molar-refractivity contribution in [1.82, 2.24) is 14.8 Å². The Balaban J connectivity index is 1.46. The van der Waals surface area contributed by atoms with Crippen molar-refractivity contribution in [1.29, 1.82) is 0 Å². The molecule has 6 heteroatoms. The number of hydrogen-bond donors (Lipinski definition) is 2. The highest BCUT2D eigenvalue weighted by molar-refractivity contribution is 5.83. The van der Waals surface area contributed by atoms with Gasteiger partial charge in [-0.05, 0) is 37.3 Å². The molecule has 5 rings (SSSR count). The number of nitrogens with zero attached hydrogens (tertiary/aromatic N) is 2. The highest BCUT2D eigenvalue weighted by Crippen LogP contribution is 2.49. The number of aromatic nitrogens is 1. The molecule has 6 nitrogen and oxygen atoms in total. The summed E-state index contributed by atoms with van der Waals surface area (Å²) in [6.45, 7) is 3.38. The average Bonchev–Trinajstić information content (AvgIpc) is 3.36. The largest absolute Gasteiger partial charge is 0.396 e. The van der Waals surface area contributed by atoms with E-state index in [9.17, 15) is 14.7 Å². The summed E-state index contributed by atoms with van der Waals surface area (Å²) in [5.74, 6) is 0.418. The van der Waals surface area contributed by atoms with Crippen LogP contribution in [0.3, 0.4) is 0 Å². The minimum Gasteiger partial charge on any atom is -0.396 e.